The van der Waals surface area contributed by atoms with Crippen molar-refractivity contribution in [2.24, 2.45) is 0 Å². The number of pyridine rings is 3. The largest absolute Gasteiger partial charge is 0.454 e. The van der Waals surface area contributed by atoms with Gasteiger partial charge in [-0.25, -0.2) is 0 Å². The maximum atomic E-state index is 6.47. The Labute approximate surface area is 279 Å². The summed E-state index contributed by atoms with van der Waals surface area (Å²) < 4.78 is 6.47. The lowest BCUT2D eigenvalue weighted by Crippen LogP contribution is -1.93. The Bertz CT molecular complexity index is 3180. The zero-order chi connectivity index (χ0) is 32.1. The van der Waals surface area contributed by atoms with Crippen LogP contribution in [0.25, 0.3) is 109 Å². The molecule has 49 heavy (non-hydrogen) atoms. The molecule has 4 heterocycles. The van der Waals surface area contributed by atoms with Crippen LogP contribution in [0.5, 0.6) is 0 Å². The molecule has 0 fully saturated rings. The van der Waals surface area contributed by atoms with Crippen molar-refractivity contribution in [3.8, 4) is 22.4 Å². The maximum Gasteiger partial charge on any atom is 0.161 e. The number of furan rings is 1. The molecule has 5 aromatic carbocycles. The lowest BCUT2D eigenvalue weighted by atomic mass is 9.84. The number of para-hydroxylation sites is 1. The molecule has 0 aliphatic heterocycles. The van der Waals surface area contributed by atoms with Crippen LogP contribution >= 0.6 is 0 Å². The summed E-state index contributed by atoms with van der Waals surface area (Å²) in [5.41, 5.74) is 7.69. The Balaban J connectivity index is 1.41. The minimum atomic E-state index is 0.801. The predicted octanol–water partition coefficient (Wildman–Crippen LogP) is 12.0. The summed E-state index contributed by atoms with van der Waals surface area (Å²) in [6, 6.07) is 47.6. The molecule has 2 aliphatic carbocycles. The van der Waals surface area contributed by atoms with Crippen molar-refractivity contribution in [2.45, 2.75) is 0 Å². The average Bonchev–Trinajstić information content (AvgIpc) is 3.55. The van der Waals surface area contributed by atoms with Crippen LogP contribution in [0.1, 0.15) is 0 Å². The standard InChI is InChI=1S/C45H25N3O/c1-2-10-28-27(9-1)29-20-19-26(42-45-37(21-24-48-42)30-11-3-4-18-39(30)49-45)25-38(29)34-15-6-14-33-36-17-8-23-47-44(36)43-35(16-7-22-46-43)32-13-5-12-31(28)40(32)41(33)34/h1-25H. The van der Waals surface area contributed by atoms with Gasteiger partial charge in [0.05, 0.1) is 11.0 Å². The fourth-order valence-electron chi connectivity index (χ4n) is 8.12. The first-order valence-electron chi connectivity index (χ1n) is 16.5. The summed E-state index contributed by atoms with van der Waals surface area (Å²) in [5.74, 6) is 0. The summed E-state index contributed by atoms with van der Waals surface area (Å²) in [4.78, 5) is 14.8. The van der Waals surface area contributed by atoms with E-state index in [9.17, 15) is 0 Å². The fraction of sp³-hybridized carbons (Fsp3) is 0. The van der Waals surface area contributed by atoms with Crippen molar-refractivity contribution >= 4 is 86.8 Å². The van der Waals surface area contributed by atoms with Crippen molar-refractivity contribution in [3.05, 3.63) is 152 Å². The second-order valence-corrected chi connectivity index (χ2v) is 12.7. The third-order valence-corrected chi connectivity index (χ3v) is 10.2. The number of benzene rings is 5. The van der Waals surface area contributed by atoms with E-state index >= 15 is 0 Å². The van der Waals surface area contributed by atoms with E-state index in [1.54, 1.807) is 0 Å². The number of hydrogen-bond acceptors (Lipinski definition) is 4. The summed E-state index contributed by atoms with van der Waals surface area (Å²) in [5, 5.41) is 13.7. The van der Waals surface area contributed by atoms with E-state index in [4.69, 9.17) is 19.4 Å². The molecule has 11 rings (SSSR count). The Morgan fingerprint density at radius 2 is 0.878 bits per heavy atom. The van der Waals surface area contributed by atoms with Crippen LogP contribution in [-0.4, -0.2) is 15.0 Å². The third kappa shape index (κ3) is 3.66. The Morgan fingerprint density at radius 1 is 0.347 bits per heavy atom. The van der Waals surface area contributed by atoms with E-state index in [1.165, 1.54) is 32.7 Å². The molecule has 0 atom stereocenters. The molecular formula is C45H25N3O. The highest BCUT2D eigenvalue weighted by molar-refractivity contribution is 6.31. The van der Waals surface area contributed by atoms with E-state index in [1.807, 2.05) is 48.9 Å². The molecule has 4 heteroatoms. The molecule has 0 radical (unpaired) electrons. The van der Waals surface area contributed by atoms with Gasteiger partial charge in [-0.15, -0.1) is 0 Å². The fourth-order valence-corrected chi connectivity index (χ4v) is 8.12. The highest BCUT2D eigenvalue weighted by atomic mass is 16.3. The van der Waals surface area contributed by atoms with Crippen LogP contribution in [0.4, 0.5) is 0 Å². The number of hydrogen-bond donors (Lipinski definition) is 0. The molecule has 2 aliphatic rings. The van der Waals surface area contributed by atoms with Crippen LogP contribution in [-0.2, 0) is 0 Å². The van der Waals surface area contributed by atoms with Crippen molar-refractivity contribution in [1.82, 2.24) is 15.0 Å². The zero-order valence-corrected chi connectivity index (χ0v) is 26.2. The second-order valence-electron chi connectivity index (χ2n) is 12.7. The lowest BCUT2D eigenvalue weighted by molar-refractivity contribution is 0.668. The third-order valence-electron chi connectivity index (χ3n) is 10.2. The molecule has 0 saturated heterocycles. The summed E-state index contributed by atoms with van der Waals surface area (Å²) in [6.07, 6.45) is 5.63. The monoisotopic (exact) mass is 623 g/mol. The van der Waals surface area contributed by atoms with Gasteiger partial charge in [0.2, 0.25) is 0 Å². The zero-order valence-electron chi connectivity index (χ0n) is 26.2. The van der Waals surface area contributed by atoms with Gasteiger partial charge in [-0.2, -0.15) is 0 Å². The van der Waals surface area contributed by atoms with Gasteiger partial charge in [-0.3, -0.25) is 15.0 Å². The topological polar surface area (TPSA) is 51.8 Å². The molecule has 9 aromatic rings. The minimum absolute atomic E-state index is 0.801. The molecule has 0 saturated carbocycles. The van der Waals surface area contributed by atoms with Crippen LogP contribution in [0.2, 0.25) is 0 Å². The Morgan fingerprint density at radius 3 is 1.57 bits per heavy atom. The van der Waals surface area contributed by atoms with Gasteiger partial charge in [0.25, 0.3) is 0 Å². The van der Waals surface area contributed by atoms with E-state index in [0.29, 0.717) is 0 Å². The summed E-state index contributed by atoms with van der Waals surface area (Å²) in [6.45, 7) is 0. The number of fused-ring (bicyclic) bond motifs is 13. The van der Waals surface area contributed by atoms with Crippen molar-refractivity contribution < 1.29 is 4.42 Å². The van der Waals surface area contributed by atoms with Crippen molar-refractivity contribution in [1.29, 1.82) is 0 Å². The van der Waals surface area contributed by atoms with Crippen molar-refractivity contribution in [3.63, 3.8) is 0 Å². The number of nitrogens with zero attached hydrogens (tertiary/aromatic N) is 3. The van der Waals surface area contributed by atoms with E-state index < -0.39 is 0 Å². The van der Waals surface area contributed by atoms with Gasteiger partial charge < -0.3 is 4.42 Å². The normalized spacial score (nSPS) is 12.1. The van der Waals surface area contributed by atoms with Crippen molar-refractivity contribution in [2.75, 3.05) is 0 Å². The first-order valence-corrected chi connectivity index (χ1v) is 16.5. The SMILES string of the molecule is c1ccc2c(c1)oc1c(-c3ccc4c(c3)c3cccc5c3-c3c(cccc3c3cccnc3c3ncccc53)c3ccccc34)nccc12. The van der Waals surface area contributed by atoms with Gasteiger partial charge in [0.15, 0.2) is 5.58 Å². The molecular weight excluding hydrogens is 599 g/mol. The van der Waals surface area contributed by atoms with Gasteiger partial charge in [-0.1, -0.05) is 103 Å². The van der Waals surface area contributed by atoms with Gasteiger partial charge >= 0.3 is 0 Å². The molecule has 0 N–H and O–H groups in total. The van der Waals surface area contributed by atoms with E-state index in [-0.39, 0.29) is 0 Å². The van der Waals surface area contributed by atoms with Crippen LogP contribution in [0.15, 0.2) is 156 Å². The van der Waals surface area contributed by atoms with Gasteiger partial charge in [0.1, 0.15) is 11.3 Å². The Hall–Kier alpha value is -6.65. The first kappa shape index (κ1) is 26.4. The highest BCUT2D eigenvalue weighted by Gasteiger charge is 2.21. The van der Waals surface area contributed by atoms with E-state index in [2.05, 4.69) is 103 Å². The maximum absolute atomic E-state index is 6.47. The van der Waals surface area contributed by atoms with Gasteiger partial charge in [-0.05, 0) is 84.5 Å². The number of rotatable bonds is 1. The minimum Gasteiger partial charge on any atom is -0.454 e. The molecule has 0 bridgehead atoms. The first-order chi connectivity index (χ1) is 24.3. The van der Waals surface area contributed by atoms with Crippen LogP contribution in [0.3, 0.4) is 0 Å². The van der Waals surface area contributed by atoms with Crippen LogP contribution < -0.4 is 0 Å². The molecule has 0 unspecified atom stereocenters. The predicted molar refractivity (Wildman–Crippen MR) is 203 cm³/mol. The van der Waals surface area contributed by atoms with Gasteiger partial charge in [0, 0.05) is 45.7 Å². The Kier molecular flexibility index (Phi) is 5.35. The molecule has 0 amide bonds. The molecule has 4 aromatic heterocycles. The highest BCUT2D eigenvalue weighted by Crippen LogP contribution is 2.47. The molecule has 226 valence electrons. The molecule has 0 spiro atoms. The summed E-state index contributed by atoms with van der Waals surface area (Å²) >= 11 is 0. The average molecular weight is 624 g/mol. The second kappa shape index (κ2) is 9.93. The molecule has 4 nitrogen and oxygen atoms in total. The van der Waals surface area contributed by atoms with E-state index in [0.717, 1.165) is 76.5 Å². The summed E-state index contributed by atoms with van der Waals surface area (Å²) in [7, 11) is 0. The number of aromatic nitrogens is 3. The lowest BCUT2D eigenvalue weighted by Gasteiger charge is -2.19. The smallest absolute Gasteiger partial charge is 0.161 e. The van der Waals surface area contributed by atoms with Crippen LogP contribution in [0, 0.1) is 0 Å². The quantitative estimate of drug-likeness (QED) is 0.183.